The average molecular weight is 320 g/mol. The third-order valence-corrected chi connectivity index (χ3v) is 4.71. The summed E-state index contributed by atoms with van der Waals surface area (Å²) in [7, 11) is 0. The zero-order chi connectivity index (χ0) is 12.5. The van der Waals surface area contributed by atoms with Gasteiger partial charge in [-0.3, -0.25) is 0 Å². The monoisotopic (exact) mass is 319 g/mol. The number of benzene rings is 2. The second kappa shape index (κ2) is 4.78. The van der Waals surface area contributed by atoms with Gasteiger partial charge in [-0.25, -0.2) is 0 Å². The van der Waals surface area contributed by atoms with Crippen molar-refractivity contribution < 1.29 is 4.79 Å². The summed E-state index contributed by atoms with van der Waals surface area (Å²) in [5, 5.41) is 3.40. The van der Waals surface area contributed by atoms with Crippen LogP contribution in [0.4, 0.5) is 11.4 Å². The lowest BCUT2D eigenvalue weighted by molar-refractivity contribution is -0.107. The molecule has 1 aliphatic heterocycles. The van der Waals surface area contributed by atoms with E-state index in [0.29, 0.717) is 0 Å². The minimum absolute atomic E-state index is 0.244. The van der Waals surface area contributed by atoms with E-state index in [2.05, 4.69) is 39.4 Å². The van der Waals surface area contributed by atoms with Gasteiger partial charge in [0.1, 0.15) is 6.29 Å². The number of para-hydroxylation sites is 1. The molecule has 18 heavy (non-hydrogen) atoms. The lowest BCUT2D eigenvalue weighted by Gasteiger charge is -2.21. The predicted molar refractivity (Wildman–Crippen MR) is 78.0 cm³/mol. The molecule has 0 saturated heterocycles. The summed E-state index contributed by atoms with van der Waals surface area (Å²) >= 11 is 5.09. The maximum Gasteiger partial charge on any atom is 0.138 e. The second-order valence-electron chi connectivity index (χ2n) is 4.02. The summed E-state index contributed by atoms with van der Waals surface area (Å²) in [6.07, 6.45) is 0.894. The Hall–Kier alpha value is -1.26. The first-order valence-electron chi connectivity index (χ1n) is 5.55. The van der Waals surface area contributed by atoms with Gasteiger partial charge >= 0.3 is 0 Å². The summed E-state index contributed by atoms with van der Waals surface area (Å²) in [6.45, 7) is 0. The van der Waals surface area contributed by atoms with Gasteiger partial charge < -0.3 is 10.1 Å². The molecular formula is C14H10BrNOS. The molecule has 2 aromatic carbocycles. The van der Waals surface area contributed by atoms with Crippen molar-refractivity contribution in [3.05, 3.63) is 48.0 Å². The number of rotatable bonds is 2. The maximum absolute atomic E-state index is 10.8. The highest BCUT2D eigenvalue weighted by molar-refractivity contribution is 9.09. The second-order valence-corrected chi connectivity index (χ2v) is 6.09. The van der Waals surface area contributed by atoms with Gasteiger partial charge in [0.25, 0.3) is 0 Å². The zero-order valence-corrected chi connectivity index (χ0v) is 11.8. The van der Waals surface area contributed by atoms with Crippen LogP contribution in [0.2, 0.25) is 0 Å². The highest BCUT2D eigenvalue weighted by atomic mass is 79.9. The van der Waals surface area contributed by atoms with E-state index in [0.717, 1.165) is 23.2 Å². The number of carbonyl (C=O) groups excluding carboxylic acids is 1. The highest BCUT2D eigenvalue weighted by Crippen LogP contribution is 2.44. The van der Waals surface area contributed by atoms with E-state index < -0.39 is 0 Å². The van der Waals surface area contributed by atoms with Crippen molar-refractivity contribution in [2.24, 2.45) is 0 Å². The van der Waals surface area contributed by atoms with Crippen LogP contribution >= 0.6 is 27.7 Å². The molecule has 0 saturated carbocycles. The number of hydrogen-bond donors (Lipinski definition) is 1. The molecule has 1 heterocycles. The SMILES string of the molecule is O=CC(Br)c1ccc2c(c1)Nc1ccccc1S2. The van der Waals surface area contributed by atoms with Crippen molar-refractivity contribution in [3.8, 4) is 0 Å². The number of carbonyl (C=O) groups is 1. The van der Waals surface area contributed by atoms with E-state index in [1.54, 1.807) is 11.8 Å². The van der Waals surface area contributed by atoms with Crippen molar-refractivity contribution in [2.75, 3.05) is 5.32 Å². The van der Waals surface area contributed by atoms with Gasteiger partial charge in [0.15, 0.2) is 0 Å². The number of nitrogens with one attached hydrogen (secondary N) is 1. The van der Waals surface area contributed by atoms with Crippen LogP contribution in [0.15, 0.2) is 52.3 Å². The summed E-state index contributed by atoms with van der Waals surface area (Å²) in [5.74, 6) is 0. The van der Waals surface area contributed by atoms with Gasteiger partial charge in [-0.2, -0.15) is 0 Å². The van der Waals surface area contributed by atoms with Crippen molar-refractivity contribution >= 4 is 45.4 Å². The third kappa shape index (κ3) is 2.06. The largest absolute Gasteiger partial charge is 0.354 e. The van der Waals surface area contributed by atoms with E-state index in [1.807, 2.05) is 24.3 Å². The van der Waals surface area contributed by atoms with Crippen LogP contribution in [0.5, 0.6) is 0 Å². The molecule has 0 aliphatic carbocycles. The van der Waals surface area contributed by atoms with Crippen molar-refractivity contribution in [1.29, 1.82) is 0 Å². The number of fused-ring (bicyclic) bond motifs is 2. The molecule has 0 bridgehead atoms. The molecule has 1 atom stereocenters. The number of aldehydes is 1. The van der Waals surface area contributed by atoms with Gasteiger partial charge in [-0.05, 0) is 29.8 Å². The van der Waals surface area contributed by atoms with Crippen LogP contribution in [0.3, 0.4) is 0 Å². The van der Waals surface area contributed by atoms with Crippen LogP contribution < -0.4 is 5.32 Å². The fourth-order valence-electron chi connectivity index (χ4n) is 1.91. The maximum atomic E-state index is 10.8. The van der Waals surface area contributed by atoms with Crippen LogP contribution in [-0.2, 0) is 4.79 Å². The van der Waals surface area contributed by atoms with E-state index in [4.69, 9.17) is 0 Å². The fourth-order valence-corrected chi connectivity index (χ4v) is 3.16. The first-order chi connectivity index (χ1) is 8.78. The Morgan fingerprint density at radius 3 is 2.72 bits per heavy atom. The number of halogens is 1. The van der Waals surface area contributed by atoms with Gasteiger partial charge in [0.2, 0.25) is 0 Å². The fraction of sp³-hybridized carbons (Fsp3) is 0.0714. The van der Waals surface area contributed by atoms with Crippen molar-refractivity contribution in [3.63, 3.8) is 0 Å². The lowest BCUT2D eigenvalue weighted by Crippen LogP contribution is -2.01. The van der Waals surface area contributed by atoms with Gasteiger partial charge in [0, 0.05) is 9.79 Å². The van der Waals surface area contributed by atoms with Crippen molar-refractivity contribution in [2.45, 2.75) is 14.6 Å². The van der Waals surface area contributed by atoms with Gasteiger partial charge in [0.05, 0.1) is 16.2 Å². The molecule has 2 aromatic rings. The number of alkyl halides is 1. The molecule has 4 heteroatoms. The molecule has 0 aromatic heterocycles. The lowest BCUT2D eigenvalue weighted by atomic mass is 10.1. The number of anilines is 2. The Balaban J connectivity index is 2.01. The van der Waals surface area contributed by atoms with Crippen LogP contribution in [0.1, 0.15) is 10.4 Å². The normalized spacial score (nSPS) is 14.1. The summed E-state index contributed by atoms with van der Waals surface area (Å²) < 4.78 is 0. The Labute approximate surface area is 118 Å². The van der Waals surface area contributed by atoms with Crippen LogP contribution in [-0.4, -0.2) is 6.29 Å². The minimum atomic E-state index is -0.244. The topological polar surface area (TPSA) is 29.1 Å². The number of hydrogen-bond acceptors (Lipinski definition) is 3. The summed E-state index contributed by atoms with van der Waals surface area (Å²) in [5.41, 5.74) is 3.14. The summed E-state index contributed by atoms with van der Waals surface area (Å²) in [4.78, 5) is 13.0. The van der Waals surface area contributed by atoms with E-state index >= 15 is 0 Å². The first-order valence-corrected chi connectivity index (χ1v) is 7.28. The third-order valence-electron chi connectivity index (χ3n) is 2.82. The summed E-state index contributed by atoms with van der Waals surface area (Å²) in [6, 6.07) is 14.3. The van der Waals surface area contributed by atoms with Crippen molar-refractivity contribution in [1.82, 2.24) is 0 Å². The van der Waals surface area contributed by atoms with Crippen LogP contribution in [0.25, 0.3) is 0 Å². The molecular weight excluding hydrogens is 310 g/mol. The molecule has 3 rings (SSSR count). The molecule has 0 spiro atoms. The molecule has 0 fully saturated rings. The molecule has 90 valence electrons. The van der Waals surface area contributed by atoms with Gasteiger partial charge in [-0.15, -0.1) is 0 Å². The zero-order valence-electron chi connectivity index (χ0n) is 9.39. The quantitative estimate of drug-likeness (QED) is 0.556. The molecule has 0 radical (unpaired) electrons. The Bertz CT molecular complexity index is 614. The molecule has 1 unspecified atom stereocenters. The molecule has 2 nitrogen and oxygen atoms in total. The van der Waals surface area contributed by atoms with E-state index in [9.17, 15) is 4.79 Å². The smallest absolute Gasteiger partial charge is 0.138 e. The molecule has 1 N–H and O–H groups in total. The Kier molecular flexibility index (Phi) is 3.14. The van der Waals surface area contributed by atoms with Crippen LogP contribution in [0, 0.1) is 0 Å². The van der Waals surface area contributed by atoms with E-state index in [1.165, 1.54) is 9.79 Å². The Morgan fingerprint density at radius 1 is 1.11 bits per heavy atom. The minimum Gasteiger partial charge on any atom is -0.354 e. The Morgan fingerprint density at radius 2 is 1.89 bits per heavy atom. The predicted octanol–water partition coefficient (Wildman–Crippen LogP) is 4.53. The first kappa shape index (κ1) is 11.8. The molecule has 1 aliphatic rings. The standard InChI is InChI=1S/C14H10BrNOS/c15-10(8-17)9-5-6-14-12(7-9)16-11-3-1-2-4-13(11)18-14/h1-8,10,16H. The van der Waals surface area contributed by atoms with E-state index in [-0.39, 0.29) is 4.83 Å². The highest BCUT2D eigenvalue weighted by Gasteiger charge is 2.16. The molecule has 0 amide bonds. The average Bonchev–Trinajstić information content (AvgIpc) is 2.43. The van der Waals surface area contributed by atoms with Gasteiger partial charge in [-0.1, -0.05) is 45.9 Å².